The van der Waals surface area contributed by atoms with Gasteiger partial charge in [-0.3, -0.25) is 0 Å². The van der Waals surface area contributed by atoms with E-state index in [1.165, 1.54) is 0 Å². The average molecular weight is 275 g/mol. The summed E-state index contributed by atoms with van der Waals surface area (Å²) in [5.41, 5.74) is 0.458. The maximum atomic E-state index is 10.0. The van der Waals surface area contributed by atoms with Crippen LogP contribution in [0.3, 0.4) is 0 Å². The molecule has 96 valence electrons. The molecule has 17 heavy (non-hydrogen) atoms. The number of aromatic nitrogens is 1. The Balaban J connectivity index is 1.81. The molecule has 1 aromatic heterocycles. The normalized spacial score (nSPS) is 26.3. The number of β-amino-alcohol motifs (C(OH)–C–C–N with tert-alkyl or cyclic N) is 1. The Morgan fingerprint density at radius 3 is 3.12 bits per heavy atom. The van der Waals surface area contributed by atoms with Crippen LogP contribution in [0.25, 0.3) is 0 Å². The van der Waals surface area contributed by atoms with Crippen molar-refractivity contribution in [1.29, 1.82) is 0 Å². The number of likely N-dealkylation sites (tertiary alicyclic amines) is 1. The van der Waals surface area contributed by atoms with Crippen LogP contribution in [0.5, 0.6) is 0 Å². The Labute approximate surface area is 111 Å². The minimum Gasteiger partial charge on any atom is -0.389 e. The van der Waals surface area contributed by atoms with E-state index in [4.69, 9.17) is 11.6 Å². The van der Waals surface area contributed by atoms with Crippen LogP contribution in [0.2, 0.25) is 0 Å². The molecule has 1 N–H and O–H groups in total. The maximum absolute atomic E-state index is 10.0. The lowest BCUT2D eigenvalue weighted by molar-refractivity contribution is -0.0150. The number of aliphatic hydroxyl groups is 1. The number of hydrogen-bond donors (Lipinski definition) is 1. The SMILES string of the molecule is CC1(O)CCCN(CCc2nc(CCl)cs2)C1. The molecule has 0 spiro atoms. The lowest BCUT2D eigenvalue weighted by atomic mass is 9.95. The second kappa shape index (κ2) is 5.65. The van der Waals surface area contributed by atoms with Gasteiger partial charge in [0.2, 0.25) is 0 Å². The molecule has 1 aliphatic rings. The number of thiazole rings is 1. The number of hydrogen-bond acceptors (Lipinski definition) is 4. The predicted octanol–water partition coefficient (Wildman–Crippen LogP) is 2.27. The molecule has 2 rings (SSSR count). The van der Waals surface area contributed by atoms with E-state index in [1.54, 1.807) is 11.3 Å². The molecule has 1 aromatic rings. The first-order valence-electron chi connectivity index (χ1n) is 6.03. The fraction of sp³-hybridized carbons (Fsp3) is 0.750. The summed E-state index contributed by atoms with van der Waals surface area (Å²) in [7, 11) is 0. The number of alkyl halides is 1. The molecule has 0 saturated carbocycles. The summed E-state index contributed by atoms with van der Waals surface area (Å²) < 4.78 is 0. The third kappa shape index (κ3) is 3.91. The van der Waals surface area contributed by atoms with Gasteiger partial charge in [0.15, 0.2) is 0 Å². The Bertz CT molecular complexity index is 367. The molecular formula is C12H19ClN2OS. The second-order valence-electron chi connectivity index (χ2n) is 4.99. The molecule has 1 unspecified atom stereocenters. The molecule has 0 aliphatic carbocycles. The van der Waals surface area contributed by atoms with E-state index in [-0.39, 0.29) is 0 Å². The van der Waals surface area contributed by atoms with E-state index in [0.717, 1.165) is 49.6 Å². The van der Waals surface area contributed by atoms with Crippen LogP contribution in [0.1, 0.15) is 30.5 Å². The summed E-state index contributed by atoms with van der Waals surface area (Å²) in [6.07, 6.45) is 2.95. The van der Waals surface area contributed by atoms with Crippen molar-refractivity contribution in [1.82, 2.24) is 9.88 Å². The summed E-state index contributed by atoms with van der Waals surface area (Å²) in [5, 5.41) is 13.2. The molecule has 0 bridgehead atoms. The first-order valence-corrected chi connectivity index (χ1v) is 7.44. The second-order valence-corrected chi connectivity index (χ2v) is 6.20. The molecule has 0 amide bonds. The fourth-order valence-corrected chi connectivity index (χ4v) is 3.31. The van der Waals surface area contributed by atoms with Crippen LogP contribution < -0.4 is 0 Å². The number of nitrogens with zero attached hydrogens (tertiary/aromatic N) is 2. The molecule has 3 nitrogen and oxygen atoms in total. The summed E-state index contributed by atoms with van der Waals surface area (Å²) >= 11 is 7.41. The van der Waals surface area contributed by atoms with Crippen molar-refractivity contribution < 1.29 is 5.11 Å². The summed E-state index contributed by atoms with van der Waals surface area (Å²) in [4.78, 5) is 6.77. The number of halogens is 1. The van der Waals surface area contributed by atoms with E-state index >= 15 is 0 Å². The fourth-order valence-electron chi connectivity index (χ4n) is 2.29. The molecule has 0 aromatic carbocycles. The smallest absolute Gasteiger partial charge is 0.0941 e. The van der Waals surface area contributed by atoms with Crippen LogP contribution >= 0.6 is 22.9 Å². The zero-order valence-corrected chi connectivity index (χ0v) is 11.7. The van der Waals surface area contributed by atoms with Crippen LogP contribution in [-0.2, 0) is 12.3 Å². The Morgan fingerprint density at radius 1 is 1.65 bits per heavy atom. The van der Waals surface area contributed by atoms with Gasteiger partial charge in [-0.1, -0.05) is 0 Å². The Hall–Kier alpha value is -0.160. The number of piperidine rings is 1. The van der Waals surface area contributed by atoms with Gasteiger partial charge in [-0.05, 0) is 26.3 Å². The van der Waals surface area contributed by atoms with Crippen LogP contribution in [0.4, 0.5) is 0 Å². The van der Waals surface area contributed by atoms with E-state index in [1.807, 2.05) is 12.3 Å². The average Bonchev–Trinajstić information content (AvgIpc) is 2.73. The summed E-state index contributed by atoms with van der Waals surface area (Å²) in [6.45, 7) is 4.77. The first kappa shape index (κ1) is 13.3. The van der Waals surface area contributed by atoms with Crippen molar-refractivity contribution in [3.63, 3.8) is 0 Å². The maximum Gasteiger partial charge on any atom is 0.0941 e. The quantitative estimate of drug-likeness (QED) is 0.856. The highest BCUT2D eigenvalue weighted by Crippen LogP contribution is 2.21. The van der Waals surface area contributed by atoms with Crippen molar-refractivity contribution in [2.24, 2.45) is 0 Å². The van der Waals surface area contributed by atoms with Crippen LogP contribution in [0, 0.1) is 0 Å². The summed E-state index contributed by atoms with van der Waals surface area (Å²) in [5.74, 6) is 0.495. The Kier molecular flexibility index (Phi) is 4.42. The van der Waals surface area contributed by atoms with Gasteiger partial charge in [-0.15, -0.1) is 22.9 Å². The molecule has 1 fully saturated rings. The van der Waals surface area contributed by atoms with Gasteiger partial charge >= 0.3 is 0 Å². The van der Waals surface area contributed by atoms with Gasteiger partial charge in [-0.25, -0.2) is 4.98 Å². The number of rotatable bonds is 4. The predicted molar refractivity (Wildman–Crippen MR) is 71.7 cm³/mol. The first-order chi connectivity index (χ1) is 8.09. The van der Waals surface area contributed by atoms with E-state index in [2.05, 4.69) is 9.88 Å². The largest absolute Gasteiger partial charge is 0.389 e. The lowest BCUT2D eigenvalue weighted by Crippen LogP contribution is -2.46. The zero-order chi connectivity index (χ0) is 12.3. The highest BCUT2D eigenvalue weighted by atomic mass is 35.5. The van der Waals surface area contributed by atoms with Gasteiger partial charge in [0.1, 0.15) is 0 Å². The third-order valence-electron chi connectivity index (χ3n) is 3.13. The van der Waals surface area contributed by atoms with Crippen LogP contribution in [-0.4, -0.2) is 40.2 Å². The summed E-state index contributed by atoms with van der Waals surface area (Å²) in [6, 6.07) is 0. The van der Waals surface area contributed by atoms with Gasteiger partial charge in [0.25, 0.3) is 0 Å². The van der Waals surface area contributed by atoms with Crippen molar-refractivity contribution in [2.45, 2.75) is 37.7 Å². The van der Waals surface area contributed by atoms with Crippen molar-refractivity contribution >= 4 is 22.9 Å². The zero-order valence-electron chi connectivity index (χ0n) is 10.2. The van der Waals surface area contributed by atoms with E-state index in [0.29, 0.717) is 5.88 Å². The molecule has 0 radical (unpaired) electrons. The molecular weight excluding hydrogens is 256 g/mol. The van der Waals surface area contributed by atoms with Crippen molar-refractivity contribution in [3.8, 4) is 0 Å². The van der Waals surface area contributed by atoms with Gasteiger partial charge in [-0.2, -0.15) is 0 Å². The van der Waals surface area contributed by atoms with Crippen molar-refractivity contribution in [2.75, 3.05) is 19.6 Å². The topological polar surface area (TPSA) is 36.4 Å². The third-order valence-corrected chi connectivity index (χ3v) is 4.36. The van der Waals surface area contributed by atoms with Gasteiger partial charge < -0.3 is 10.0 Å². The molecule has 1 saturated heterocycles. The van der Waals surface area contributed by atoms with Crippen LogP contribution in [0.15, 0.2) is 5.38 Å². The molecule has 1 atom stereocenters. The molecule has 1 aliphatic heterocycles. The van der Waals surface area contributed by atoms with Gasteiger partial charge in [0.05, 0.1) is 22.2 Å². The lowest BCUT2D eigenvalue weighted by Gasteiger charge is -2.36. The highest BCUT2D eigenvalue weighted by molar-refractivity contribution is 7.09. The highest BCUT2D eigenvalue weighted by Gasteiger charge is 2.27. The molecule has 2 heterocycles. The molecule has 5 heteroatoms. The Morgan fingerprint density at radius 2 is 2.47 bits per heavy atom. The standard InChI is InChI=1S/C12H19ClN2OS/c1-12(16)4-2-5-15(9-12)6-3-11-14-10(7-13)8-17-11/h8,16H,2-7,9H2,1H3. The monoisotopic (exact) mass is 274 g/mol. The van der Waals surface area contributed by atoms with Crippen molar-refractivity contribution in [3.05, 3.63) is 16.1 Å². The minimum atomic E-state index is -0.511. The minimum absolute atomic E-state index is 0.495. The van der Waals surface area contributed by atoms with E-state index in [9.17, 15) is 5.11 Å². The van der Waals surface area contributed by atoms with E-state index < -0.39 is 5.60 Å². The van der Waals surface area contributed by atoms with Gasteiger partial charge in [0, 0.05) is 24.9 Å².